The number of benzene rings is 1. The van der Waals surface area contributed by atoms with Crippen LogP contribution in [0.2, 0.25) is 4.34 Å². The van der Waals surface area contributed by atoms with Crippen molar-refractivity contribution >= 4 is 51.9 Å². The van der Waals surface area contributed by atoms with Crippen molar-refractivity contribution in [3.05, 3.63) is 61.6 Å². The number of imide groups is 1. The van der Waals surface area contributed by atoms with Crippen molar-refractivity contribution in [2.24, 2.45) is 0 Å². The van der Waals surface area contributed by atoms with Gasteiger partial charge in [-0.2, -0.15) is 5.26 Å². The zero-order chi connectivity index (χ0) is 16.4. The number of nitrogens with zero attached hydrogens (tertiary/aromatic N) is 2. The molecule has 0 spiro atoms. The van der Waals surface area contributed by atoms with E-state index >= 15 is 0 Å². The molecular formula is C16H9ClN2O2S2. The molecule has 1 aromatic heterocycles. The standard InChI is InChI=1S/C16H9ClN2O2S2/c17-14-6-5-12(22-14)7-13-15(20)19(16(21)23-13)9-11-4-2-1-3-10(11)8-18/h1-7H,9H2/b13-7+. The molecule has 2 amide bonds. The topological polar surface area (TPSA) is 61.2 Å². The van der Waals surface area contributed by atoms with Gasteiger partial charge in [0.05, 0.1) is 27.4 Å². The second kappa shape index (κ2) is 6.59. The van der Waals surface area contributed by atoms with Gasteiger partial charge in [0.15, 0.2) is 0 Å². The van der Waals surface area contributed by atoms with Gasteiger partial charge in [-0.15, -0.1) is 11.3 Å². The van der Waals surface area contributed by atoms with Crippen LogP contribution in [0.1, 0.15) is 16.0 Å². The van der Waals surface area contributed by atoms with Gasteiger partial charge < -0.3 is 0 Å². The highest BCUT2D eigenvalue weighted by Gasteiger charge is 2.35. The second-order valence-corrected chi connectivity index (χ2v) is 7.42. The smallest absolute Gasteiger partial charge is 0.268 e. The number of hydrogen-bond acceptors (Lipinski definition) is 5. The van der Waals surface area contributed by atoms with Crippen LogP contribution in [0.25, 0.3) is 6.08 Å². The molecule has 1 aliphatic heterocycles. The Hall–Kier alpha value is -2.07. The van der Waals surface area contributed by atoms with E-state index in [1.165, 1.54) is 11.3 Å². The Labute approximate surface area is 146 Å². The Kier molecular flexibility index (Phi) is 4.53. The van der Waals surface area contributed by atoms with Gasteiger partial charge in [-0.25, -0.2) is 0 Å². The molecule has 0 radical (unpaired) electrons. The van der Waals surface area contributed by atoms with E-state index in [4.69, 9.17) is 16.9 Å². The van der Waals surface area contributed by atoms with Crippen LogP contribution in [0.5, 0.6) is 0 Å². The zero-order valence-electron chi connectivity index (χ0n) is 11.7. The molecule has 2 aromatic rings. The van der Waals surface area contributed by atoms with Crippen molar-refractivity contribution in [3.8, 4) is 6.07 Å². The SMILES string of the molecule is N#Cc1ccccc1CN1C(=O)S/C(=C/c2ccc(Cl)s2)C1=O. The van der Waals surface area contributed by atoms with Gasteiger partial charge in [0.2, 0.25) is 0 Å². The molecule has 0 atom stereocenters. The molecule has 0 N–H and O–H groups in total. The monoisotopic (exact) mass is 360 g/mol. The van der Waals surface area contributed by atoms with Crippen LogP contribution >= 0.6 is 34.7 Å². The number of halogens is 1. The summed E-state index contributed by atoms with van der Waals surface area (Å²) < 4.78 is 0.624. The van der Waals surface area contributed by atoms with Crippen LogP contribution in [0.3, 0.4) is 0 Å². The lowest BCUT2D eigenvalue weighted by molar-refractivity contribution is -0.123. The van der Waals surface area contributed by atoms with Crippen molar-refractivity contribution < 1.29 is 9.59 Å². The zero-order valence-corrected chi connectivity index (χ0v) is 14.0. The number of hydrogen-bond donors (Lipinski definition) is 0. The first-order valence-corrected chi connectivity index (χ1v) is 8.58. The Balaban J connectivity index is 1.85. The number of thiophene rings is 1. The quantitative estimate of drug-likeness (QED) is 0.755. The summed E-state index contributed by atoms with van der Waals surface area (Å²) in [6, 6.07) is 12.5. The Morgan fingerprint density at radius 3 is 2.70 bits per heavy atom. The first kappa shape index (κ1) is 15.8. The molecule has 4 nitrogen and oxygen atoms in total. The van der Waals surface area contributed by atoms with Crippen LogP contribution < -0.4 is 0 Å². The fourth-order valence-electron chi connectivity index (χ4n) is 2.11. The van der Waals surface area contributed by atoms with E-state index in [-0.39, 0.29) is 17.7 Å². The molecule has 3 rings (SSSR count). The predicted octanol–water partition coefficient (Wildman–Crippen LogP) is 4.51. The highest BCUT2D eigenvalue weighted by Crippen LogP contribution is 2.35. The fourth-order valence-corrected chi connectivity index (χ4v) is 4.02. The molecule has 0 bridgehead atoms. The van der Waals surface area contributed by atoms with E-state index < -0.39 is 0 Å². The highest BCUT2D eigenvalue weighted by atomic mass is 35.5. The van der Waals surface area contributed by atoms with Crippen LogP contribution in [-0.2, 0) is 11.3 Å². The van der Waals surface area contributed by atoms with Crippen LogP contribution in [-0.4, -0.2) is 16.0 Å². The van der Waals surface area contributed by atoms with Crippen LogP contribution in [0.15, 0.2) is 41.3 Å². The largest absolute Gasteiger partial charge is 0.293 e. The lowest BCUT2D eigenvalue weighted by Crippen LogP contribution is -2.27. The molecule has 0 aliphatic carbocycles. The lowest BCUT2D eigenvalue weighted by Gasteiger charge is -2.13. The summed E-state index contributed by atoms with van der Waals surface area (Å²) >= 11 is 8.11. The lowest BCUT2D eigenvalue weighted by atomic mass is 10.1. The number of carbonyl (C=O) groups excluding carboxylic acids is 2. The molecule has 1 saturated heterocycles. The Morgan fingerprint density at radius 2 is 2.00 bits per heavy atom. The molecule has 2 heterocycles. The molecule has 0 unspecified atom stereocenters. The minimum absolute atomic E-state index is 0.0942. The summed E-state index contributed by atoms with van der Waals surface area (Å²) in [5, 5.41) is 8.77. The van der Waals surface area contributed by atoms with Crippen LogP contribution in [0.4, 0.5) is 4.79 Å². The Bertz CT molecular complexity index is 867. The second-order valence-electron chi connectivity index (χ2n) is 4.68. The normalized spacial score (nSPS) is 16.2. The molecule has 23 heavy (non-hydrogen) atoms. The van der Waals surface area contributed by atoms with Gasteiger partial charge in [-0.1, -0.05) is 29.8 Å². The third kappa shape index (κ3) is 3.32. The summed E-state index contributed by atoms with van der Waals surface area (Å²) in [5.74, 6) is -0.350. The van der Waals surface area contributed by atoms with Gasteiger partial charge >= 0.3 is 0 Å². The van der Waals surface area contributed by atoms with Gasteiger partial charge in [0.1, 0.15) is 0 Å². The van der Waals surface area contributed by atoms with E-state index in [9.17, 15) is 9.59 Å². The number of amides is 2. The van der Waals surface area contributed by atoms with Crippen molar-refractivity contribution in [2.75, 3.05) is 0 Å². The summed E-state index contributed by atoms with van der Waals surface area (Å²) in [4.78, 5) is 26.9. The summed E-state index contributed by atoms with van der Waals surface area (Å²) in [7, 11) is 0. The van der Waals surface area contributed by atoms with Crippen molar-refractivity contribution in [1.29, 1.82) is 5.26 Å². The summed E-state index contributed by atoms with van der Waals surface area (Å²) in [6.07, 6.45) is 1.66. The van der Waals surface area contributed by atoms with Gasteiger partial charge in [0, 0.05) is 4.88 Å². The van der Waals surface area contributed by atoms with E-state index in [1.807, 2.05) is 0 Å². The molecule has 114 valence electrons. The number of carbonyl (C=O) groups is 2. The third-order valence-corrected chi connectivity index (χ3v) is 5.29. The summed E-state index contributed by atoms with van der Waals surface area (Å²) in [5.41, 5.74) is 1.11. The van der Waals surface area contributed by atoms with Crippen molar-refractivity contribution in [1.82, 2.24) is 4.90 Å². The predicted molar refractivity (Wildman–Crippen MR) is 92.0 cm³/mol. The van der Waals surface area contributed by atoms with Gasteiger partial charge in [-0.3, -0.25) is 14.5 Å². The maximum atomic E-state index is 12.4. The number of nitriles is 1. The van der Waals surface area contributed by atoms with Gasteiger partial charge in [-0.05, 0) is 41.6 Å². The minimum Gasteiger partial charge on any atom is -0.268 e. The summed E-state index contributed by atoms with van der Waals surface area (Å²) in [6.45, 7) is 0.0942. The Morgan fingerprint density at radius 1 is 1.22 bits per heavy atom. The first-order chi connectivity index (χ1) is 11.1. The molecule has 1 aliphatic rings. The van der Waals surface area contributed by atoms with E-state index in [0.29, 0.717) is 20.4 Å². The molecular weight excluding hydrogens is 352 g/mol. The molecule has 1 fully saturated rings. The minimum atomic E-state index is -0.350. The third-order valence-electron chi connectivity index (χ3n) is 3.21. The molecule has 7 heteroatoms. The van der Waals surface area contributed by atoms with E-state index in [1.54, 1.807) is 42.5 Å². The maximum absolute atomic E-state index is 12.4. The number of rotatable bonds is 3. The molecule has 0 saturated carbocycles. The fraction of sp³-hybridized carbons (Fsp3) is 0.0625. The molecule has 1 aromatic carbocycles. The van der Waals surface area contributed by atoms with E-state index in [2.05, 4.69) is 6.07 Å². The first-order valence-electron chi connectivity index (χ1n) is 6.57. The maximum Gasteiger partial charge on any atom is 0.293 e. The number of thioether (sulfide) groups is 1. The van der Waals surface area contributed by atoms with Gasteiger partial charge in [0.25, 0.3) is 11.1 Å². The van der Waals surface area contributed by atoms with Crippen molar-refractivity contribution in [2.45, 2.75) is 6.54 Å². The highest BCUT2D eigenvalue weighted by molar-refractivity contribution is 8.18. The average molecular weight is 361 g/mol. The van der Waals surface area contributed by atoms with Crippen LogP contribution in [0, 0.1) is 11.3 Å². The van der Waals surface area contributed by atoms with Crippen molar-refractivity contribution in [3.63, 3.8) is 0 Å². The van der Waals surface area contributed by atoms with E-state index in [0.717, 1.165) is 21.5 Å². The average Bonchev–Trinajstić information content (AvgIpc) is 3.06.